The van der Waals surface area contributed by atoms with Crippen LogP contribution in [0.1, 0.15) is 5.56 Å². The highest BCUT2D eigenvalue weighted by Crippen LogP contribution is 2.15. The molecule has 5 heteroatoms. The molecule has 0 aromatic heterocycles. The van der Waals surface area contributed by atoms with Crippen molar-refractivity contribution in [3.05, 3.63) is 29.8 Å². The second kappa shape index (κ2) is 4.18. The minimum Gasteiger partial charge on any atom is -0.381 e. The molecule has 0 aliphatic heterocycles. The zero-order valence-corrected chi connectivity index (χ0v) is 7.49. The van der Waals surface area contributed by atoms with Crippen LogP contribution in [0.15, 0.2) is 29.3 Å². The van der Waals surface area contributed by atoms with E-state index in [9.17, 15) is 0 Å². The maximum atomic E-state index is 7.12. The molecule has 1 rings (SSSR count). The van der Waals surface area contributed by atoms with Gasteiger partial charge in [0.15, 0.2) is 11.7 Å². The van der Waals surface area contributed by atoms with Crippen molar-refractivity contribution in [2.45, 2.75) is 0 Å². The van der Waals surface area contributed by atoms with E-state index in [1.807, 2.05) is 0 Å². The number of rotatable bonds is 2. The third-order valence-electron chi connectivity index (χ3n) is 1.61. The quantitative estimate of drug-likeness (QED) is 0.403. The molecule has 0 atom stereocenters. The van der Waals surface area contributed by atoms with Gasteiger partial charge in [-0.25, -0.2) is 4.99 Å². The van der Waals surface area contributed by atoms with E-state index in [4.69, 9.17) is 22.3 Å². The summed E-state index contributed by atoms with van der Waals surface area (Å²) in [4.78, 5) is 3.92. The molecule has 0 bridgehead atoms. The summed E-state index contributed by atoms with van der Waals surface area (Å²) in [5.74, 6) is -0.316. The van der Waals surface area contributed by atoms with E-state index in [1.54, 1.807) is 24.3 Å². The highest BCUT2D eigenvalue weighted by Gasteiger charge is 1.99. The van der Waals surface area contributed by atoms with Crippen LogP contribution < -0.4 is 11.5 Å². The smallest absolute Gasteiger partial charge is 0.166 e. The first-order chi connectivity index (χ1) is 6.65. The Morgan fingerprint density at radius 2 is 1.93 bits per heavy atom. The van der Waals surface area contributed by atoms with Gasteiger partial charge in [-0.2, -0.15) is 0 Å². The first kappa shape index (κ1) is 9.91. The molecule has 1 aromatic rings. The van der Waals surface area contributed by atoms with Gasteiger partial charge in [-0.3, -0.25) is 5.41 Å². The van der Waals surface area contributed by atoms with Gasteiger partial charge < -0.3 is 16.9 Å². The van der Waals surface area contributed by atoms with Crippen LogP contribution in [-0.4, -0.2) is 17.9 Å². The molecule has 1 aromatic carbocycles. The molecule has 0 spiro atoms. The van der Waals surface area contributed by atoms with Gasteiger partial charge in [0.25, 0.3) is 0 Å². The predicted molar refractivity (Wildman–Crippen MR) is 57.5 cm³/mol. The minimum atomic E-state index is -0.273. The Kier molecular flexibility index (Phi) is 2.96. The number of nitrogens with zero attached hydrogens (tertiary/aromatic N) is 1. The molecule has 0 unspecified atom stereocenters. The molecule has 0 saturated heterocycles. The molecular weight excluding hydrogens is 178 g/mol. The topological polar surface area (TPSA) is 112 Å². The zero-order chi connectivity index (χ0) is 10.6. The van der Waals surface area contributed by atoms with Crippen molar-refractivity contribution in [3.63, 3.8) is 0 Å². The van der Waals surface area contributed by atoms with Crippen LogP contribution in [0.4, 0.5) is 5.69 Å². The van der Waals surface area contributed by atoms with E-state index in [0.717, 1.165) is 0 Å². The number of nitrogens with one attached hydrogen (secondary N) is 2. The molecule has 0 saturated carbocycles. The Labute approximate surface area is 81.5 Å². The molecule has 0 fully saturated rings. The van der Waals surface area contributed by atoms with Crippen molar-refractivity contribution < 1.29 is 0 Å². The Morgan fingerprint density at radius 1 is 1.29 bits per heavy atom. The molecule has 0 heterocycles. The Morgan fingerprint density at radius 3 is 2.50 bits per heavy atom. The highest BCUT2D eigenvalue weighted by atomic mass is 14.9. The zero-order valence-electron chi connectivity index (χ0n) is 7.49. The number of hydrogen-bond donors (Lipinski definition) is 4. The Balaban J connectivity index is 3.13. The summed E-state index contributed by atoms with van der Waals surface area (Å²) in [5, 5.41) is 14.2. The van der Waals surface area contributed by atoms with Crippen LogP contribution in [0.2, 0.25) is 0 Å². The fourth-order valence-electron chi connectivity index (χ4n) is 0.901. The molecule has 6 N–H and O–H groups in total. The van der Waals surface area contributed by atoms with E-state index in [1.165, 1.54) is 6.21 Å². The van der Waals surface area contributed by atoms with Gasteiger partial charge in [-0.1, -0.05) is 18.2 Å². The second-order valence-electron chi connectivity index (χ2n) is 2.61. The summed E-state index contributed by atoms with van der Waals surface area (Å²) in [7, 11) is 0. The van der Waals surface area contributed by atoms with Gasteiger partial charge in [-0.05, 0) is 6.07 Å². The first-order valence-electron chi connectivity index (χ1n) is 3.93. The number of amidine groups is 2. The first-order valence-corrected chi connectivity index (χ1v) is 3.93. The average Bonchev–Trinajstić information content (AvgIpc) is 2.18. The summed E-state index contributed by atoms with van der Waals surface area (Å²) in [6.07, 6.45) is 1.17. The molecule has 0 amide bonds. The maximum absolute atomic E-state index is 7.12. The van der Waals surface area contributed by atoms with Gasteiger partial charge in [0.1, 0.15) is 0 Å². The van der Waals surface area contributed by atoms with E-state index < -0.39 is 0 Å². The van der Waals surface area contributed by atoms with Gasteiger partial charge >= 0.3 is 0 Å². The lowest BCUT2D eigenvalue weighted by molar-refractivity contribution is 1.42. The molecule has 72 valence electrons. The van der Waals surface area contributed by atoms with Crippen molar-refractivity contribution in [1.29, 1.82) is 10.8 Å². The predicted octanol–water partition coefficient (Wildman–Crippen LogP) is 0.609. The average molecular weight is 189 g/mol. The summed E-state index contributed by atoms with van der Waals surface area (Å²) < 4.78 is 0. The summed E-state index contributed by atoms with van der Waals surface area (Å²) >= 11 is 0. The molecule has 0 aliphatic carbocycles. The number of nitrogens with two attached hydrogens (primary N) is 2. The highest BCUT2D eigenvalue weighted by molar-refractivity contribution is 6.38. The minimum absolute atomic E-state index is 0.0423. The lowest BCUT2D eigenvalue weighted by Gasteiger charge is -2.00. The van der Waals surface area contributed by atoms with Crippen LogP contribution in [0.25, 0.3) is 0 Å². The summed E-state index contributed by atoms with van der Waals surface area (Å²) in [6, 6.07) is 7.01. The summed E-state index contributed by atoms with van der Waals surface area (Å²) in [5.41, 5.74) is 11.7. The maximum Gasteiger partial charge on any atom is 0.166 e. The van der Waals surface area contributed by atoms with Crippen LogP contribution >= 0.6 is 0 Å². The van der Waals surface area contributed by atoms with Crippen LogP contribution in [-0.2, 0) is 0 Å². The fourth-order valence-corrected chi connectivity index (χ4v) is 0.901. The number of para-hydroxylation sites is 1. The van der Waals surface area contributed by atoms with Gasteiger partial charge in [0.2, 0.25) is 0 Å². The third kappa shape index (κ3) is 2.16. The Bertz CT molecular complexity index is 394. The molecule has 14 heavy (non-hydrogen) atoms. The van der Waals surface area contributed by atoms with Gasteiger partial charge in [0.05, 0.1) is 5.69 Å². The number of hydrogen-bond acceptors (Lipinski definition) is 3. The lowest BCUT2D eigenvalue weighted by atomic mass is 10.2. The molecule has 5 nitrogen and oxygen atoms in total. The van der Waals surface area contributed by atoms with Crippen LogP contribution in [0.3, 0.4) is 0 Å². The van der Waals surface area contributed by atoms with Crippen molar-refractivity contribution in [2.24, 2.45) is 16.5 Å². The largest absolute Gasteiger partial charge is 0.381 e. The van der Waals surface area contributed by atoms with E-state index in [0.29, 0.717) is 11.3 Å². The summed E-state index contributed by atoms with van der Waals surface area (Å²) in [6.45, 7) is 0. The SMILES string of the molecule is N=Cc1ccccc1N=C(N)C(=N)N. The van der Waals surface area contributed by atoms with Crippen LogP contribution in [0.5, 0.6) is 0 Å². The van der Waals surface area contributed by atoms with Crippen molar-refractivity contribution in [2.75, 3.05) is 0 Å². The second-order valence-corrected chi connectivity index (χ2v) is 2.61. The van der Waals surface area contributed by atoms with Crippen molar-refractivity contribution in [3.8, 4) is 0 Å². The van der Waals surface area contributed by atoms with E-state index in [2.05, 4.69) is 4.99 Å². The fraction of sp³-hybridized carbons (Fsp3) is 0. The van der Waals surface area contributed by atoms with E-state index >= 15 is 0 Å². The van der Waals surface area contributed by atoms with E-state index in [-0.39, 0.29) is 11.7 Å². The van der Waals surface area contributed by atoms with Crippen molar-refractivity contribution in [1.82, 2.24) is 0 Å². The normalized spacial score (nSPS) is 11.0. The van der Waals surface area contributed by atoms with Gasteiger partial charge in [-0.15, -0.1) is 0 Å². The molecule has 0 radical (unpaired) electrons. The van der Waals surface area contributed by atoms with Crippen LogP contribution in [0, 0.1) is 10.8 Å². The number of aliphatic imine (C=N–C) groups is 1. The Hall–Kier alpha value is -2.17. The lowest BCUT2D eigenvalue weighted by Crippen LogP contribution is -2.29. The molecular formula is C9H11N5. The monoisotopic (exact) mass is 189 g/mol. The van der Waals surface area contributed by atoms with Crippen molar-refractivity contribution >= 4 is 23.6 Å². The third-order valence-corrected chi connectivity index (χ3v) is 1.61. The van der Waals surface area contributed by atoms with Gasteiger partial charge in [0, 0.05) is 11.8 Å². The number of benzene rings is 1. The standard InChI is InChI=1S/C9H11N5/c10-5-6-3-1-2-4-7(6)14-9(13)8(11)12/h1-5,10H,(H3,11,12)(H2,13,14). The molecule has 0 aliphatic rings.